The van der Waals surface area contributed by atoms with E-state index in [1.165, 1.54) is 0 Å². The lowest BCUT2D eigenvalue weighted by Crippen LogP contribution is -2.37. The van der Waals surface area contributed by atoms with Crippen LogP contribution in [-0.2, 0) is 4.74 Å². The Hall–Kier alpha value is 0.320. The van der Waals surface area contributed by atoms with Crippen LogP contribution in [0.15, 0.2) is 39.5 Å². The summed E-state index contributed by atoms with van der Waals surface area (Å²) in [6.07, 6.45) is 6.50. The molecule has 1 aliphatic rings. The van der Waals surface area contributed by atoms with Crippen LogP contribution >= 0.6 is 47.8 Å². The molecule has 1 aliphatic heterocycles. The van der Waals surface area contributed by atoms with Crippen molar-refractivity contribution in [2.75, 3.05) is 0 Å². The molecule has 0 aromatic carbocycles. The van der Waals surface area contributed by atoms with E-state index in [4.69, 9.17) is 4.74 Å². The van der Waals surface area contributed by atoms with Crippen LogP contribution in [0.2, 0.25) is 0 Å². The van der Waals surface area contributed by atoms with Crippen LogP contribution in [0.1, 0.15) is 19.8 Å². The predicted molar refractivity (Wildman–Crippen MR) is 96.0 cm³/mol. The molecule has 1 saturated heterocycles. The number of rotatable bonds is 6. The van der Waals surface area contributed by atoms with Gasteiger partial charge in [0.05, 0.1) is 29.2 Å². The summed E-state index contributed by atoms with van der Waals surface area (Å²) < 4.78 is 6.79. The van der Waals surface area contributed by atoms with Gasteiger partial charge in [0.15, 0.2) is 0 Å². The highest BCUT2D eigenvalue weighted by Crippen LogP contribution is 2.29. The second-order valence-electron chi connectivity index (χ2n) is 4.67. The quantitative estimate of drug-likeness (QED) is 0.340. The molecular weight excluding hydrogens is 468 g/mol. The Balaban J connectivity index is 2.62. The van der Waals surface area contributed by atoms with Gasteiger partial charge in [-0.3, -0.25) is 0 Å². The van der Waals surface area contributed by atoms with Crippen molar-refractivity contribution in [2.24, 2.45) is 0 Å². The van der Waals surface area contributed by atoms with Gasteiger partial charge >= 0.3 is 0 Å². The number of hydrogen-bond donors (Lipinski definition) is 2. The van der Waals surface area contributed by atoms with Gasteiger partial charge in [0, 0.05) is 11.4 Å². The zero-order valence-corrected chi connectivity index (χ0v) is 16.4. The molecule has 0 spiro atoms. The van der Waals surface area contributed by atoms with E-state index < -0.39 is 18.3 Å². The highest BCUT2D eigenvalue weighted by molar-refractivity contribution is 9.11. The van der Waals surface area contributed by atoms with E-state index in [9.17, 15) is 10.2 Å². The van der Waals surface area contributed by atoms with Gasteiger partial charge in [0.25, 0.3) is 0 Å². The normalized spacial score (nSPS) is 29.2. The Kier molecular flexibility index (Phi) is 9.37. The van der Waals surface area contributed by atoms with Gasteiger partial charge in [0.2, 0.25) is 0 Å². The van der Waals surface area contributed by atoms with E-state index >= 15 is 0 Å². The highest BCUT2D eigenvalue weighted by atomic mass is 79.9. The summed E-state index contributed by atoms with van der Waals surface area (Å²) in [6, 6.07) is 0. The lowest BCUT2D eigenvalue weighted by Gasteiger charge is -2.23. The van der Waals surface area contributed by atoms with Crippen molar-refractivity contribution in [3.8, 4) is 0 Å². The molecule has 5 atom stereocenters. The van der Waals surface area contributed by atoms with Gasteiger partial charge in [-0.2, -0.15) is 0 Å². The predicted octanol–water partition coefficient (Wildman–Crippen LogP) is 3.94. The summed E-state index contributed by atoms with van der Waals surface area (Å²) in [5, 5.41) is 20.2. The Labute approximate surface area is 150 Å². The van der Waals surface area contributed by atoms with Gasteiger partial charge < -0.3 is 14.9 Å². The fourth-order valence-electron chi connectivity index (χ4n) is 1.95. The molecule has 21 heavy (non-hydrogen) atoms. The lowest BCUT2D eigenvalue weighted by molar-refractivity contribution is 0.00627. The van der Waals surface area contributed by atoms with Crippen LogP contribution in [0.25, 0.3) is 0 Å². The molecule has 0 radical (unpaired) electrons. The van der Waals surface area contributed by atoms with Crippen molar-refractivity contribution in [3.05, 3.63) is 39.5 Å². The minimum atomic E-state index is -0.743. The Morgan fingerprint density at radius 1 is 1.52 bits per heavy atom. The molecule has 0 bridgehead atoms. The third-order valence-electron chi connectivity index (χ3n) is 3.09. The molecule has 118 valence electrons. The van der Waals surface area contributed by atoms with Crippen LogP contribution in [-0.4, -0.2) is 39.5 Å². The standard InChI is InChI=1S/C15H19Br3O3/c1-2-10(17)5-3-7-12(19)14(18)15-13(20)9-11(21-15)6-4-8-16/h3,5-8,11-15,19-20H,2,9H2,1H3/b7-3+,10-5+/t4?,11-,12?,13-,14-,15+/m0/s1. The summed E-state index contributed by atoms with van der Waals surface area (Å²) >= 11 is 9.96. The minimum absolute atomic E-state index is 0.191. The van der Waals surface area contributed by atoms with Crippen molar-refractivity contribution in [3.63, 3.8) is 0 Å². The van der Waals surface area contributed by atoms with Gasteiger partial charge in [-0.1, -0.05) is 72.9 Å². The fourth-order valence-corrected chi connectivity index (χ4v) is 2.91. The first kappa shape index (κ1) is 19.4. The average Bonchev–Trinajstić information content (AvgIpc) is 2.84. The number of hydrogen-bond acceptors (Lipinski definition) is 3. The fraction of sp³-hybridized carbons (Fsp3) is 0.533. The van der Waals surface area contributed by atoms with Crippen molar-refractivity contribution in [1.82, 2.24) is 0 Å². The second kappa shape index (κ2) is 10.2. The molecule has 1 rings (SSSR count). The van der Waals surface area contributed by atoms with Gasteiger partial charge in [0.1, 0.15) is 0 Å². The maximum absolute atomic E-state index is 10.1. The third-order valence-corrected chi connectivity index (χ3v) is 5.25. The molecule has 2 N–H and O–H groups in total. The molecule has 1 fully saturated rings. The summed E-state index contributed by atoms with van der Waals surface area (Å²) in [7, 11) is 0. The molecule has 0 saturated carbocycles. The molecular formula is C15H19Br3O3. The molecule has 1 heterocycles. The molecule has 0 aromatic rings. The summed E-state index contributed by atoms with van der Waals surface area (Å²) in [5.41, 5.74) is 2.88. The second-order valence-corrected chi connectivity index (χ2v) is 7.21. The number of ether oxygens (including phenoxy) is 1. The van der Waals surface area contributed by atoms with E-state index in [0.717, 1.165) is 10.9 Å². The smallest absolute Gasteiger partial charge is 0.0996 e. The lowest BCUT2D eigenvalue weighted by atomic mass is 10.0. The SMILES string of the molecule is CC/C(Br)=C\C=C\C(O)[C@H](Br)[C@@H]1O[C@@H](C=C=CBr)C[C@@H]1O. The van der Waals surface area contributed by atoms with Crippen molar-refractivity contribution in [1.29, 1.82) is 0 Å². The molecule has 0 amide bonds. The van der Waals surface area contributed by atoms with E-state index in [2.05, 4.69) is 53.5 Å². The number of aliphatic hydroxyl groups is 2. The van der Waals surface area contributed by atoms with Crippen LogP contribution < -0.4 is 0 Å². The molecule has 3 nitrogen and oxygen atoms in total. The van der Waals surface area contributed by atoms with Crippen LogP contribution in [0.4, 0.5) is 0 Å². The van der Waals surface area contributed by atoms with Crippen molar-refractivity contribution in [2.45, 2.75) is 49.0 Å². The van der Waals surface area contributed by atoms with Gasteiger partial charge in [-0.05, 0) is 17.0 Å². The maximum Gasteiger partial charge on any atom is 0.0996 e. The van der Waals surface area contributed by atoms with E-state index in [1.807, 2.05) is 13.0 Å². The third kappa shape index (κ3) is 6.53. The number of aliphatic hydroxyl groups excluding tert-OH is 2. The summed E-state index contributed by atoms with van der Waals surface area (Å²) in [5.74, 6) is 0. The number of halogens is 3. The highest BCUT2D eigenvalue weighted by Gasteiger charge is 2.39. The first-order valence-electron chi connectivity index (χ1n) is 6.69. The number of alkyl halides is 1. The molecule has 6 heteroatoms. The Morgan fingerprint density at radius 3 is 2.86 bits per heavy atom. The number of allylic oxidation sites excluding steroid dienone is 3. The molecule has 1 unspecified atom stereocenters. The minimum Gasteiger partial charge on any atom is -0.390 e. The van der Waals surface area contributed by atoms with Crippen LogP contribution in [0, 0.1) is 0 Å². The van der Waals surface area contributed by atoms with Gasteiger partial charge in [-0.25, -0.2) is 0 Å². The van der Waals surface area contributed by atoms with Crippen LogP contribution in [0.3, 0.4) is 0 Å². The summed E-state index contributed by atoms with van der Waals surface area (Å²) in [6.45, 7) is 2.04. The van der Waals surface area contributed by atoms with Gasteiger partial charge in [-0.15, -0.1) is 5.73 Å². The molecule has 0 aromatic heterocycles. The van der Waals surface area contributed by atoms with Crippen molar-refractivity contribution >= 4 is 47.8 Å². The largest absolute Gasteiger partial charge is 0.390 e. The topological polar surface area (TPSA) is 49.7 Å². The van der Waals surface area contributed by atoms with E-state index in [-0.39, 0.29) is 10.9 Å². The zero-order valence-electron chi connectivity index (χ0n) is 11.6. The Morgan fingerprint density at radius 2 is 2.24 bits per heavy atom. The van der Waals surface area contributed by atoms with Crippen LogP contribution in [0.5, 0.6) is 0 Å². The average molecular weight is 487 g/mol. The van der Waals surface area contributed by atoms with E-state index in [1.54, 1.807) is 23.2 Å². The maximum atomic E-state index is 10.1. The first-order chi connectivity index (χ1) is 9.99. The monoisotopic (exact) mass is 484 g/mol. The van der Waals surface area contributed by atoms with Crippen molar-refractivity contribution < 1.29 is 14.9 Å². The molecule has 0 aliphatic carbocycles. The first-order valence-corrected chi connectivity index (χ1v) is 9.31. The zero-order chi connectivity index (χ0) is 15.8. The van der Waals surface area contributed by atoms with E-state index in [0.29, 0.717) is 6.42 Å². The Bertz CT molecular complexity index is 441. The summed E-state index contributed by atoms with van der Waals surface area (Å²) in [4.78, 5) is 1.24.